The lowest BCUT2D eigenvalue weighted by Gasteiger charge is -2.37. The molecule has 1 aromatic carbocycles. The smallest absolute Gasteiger partial charge is 0.308 e. The number of halogens is 1. The summed E-state index contributed by atoms with van der Waals surface area (Å²) < 4.78 is 5.24. The van der Waals surface area contributed by atoms with Crippen molar-refractivity contribution in [3.05, 3.63) is 47.0 Å². The Kier molecular flexibility index (Phi) is 4.58. The lowest BCUT2D eigenvalue weighted by Crippen LogP contribution is -2.40. The molecule has 5 aliphatic rings. The van der Waals surface area contributed by atoms with Crippen LogP contribution in [0.5, 0.6) is 0 Å². The molecule has 0 N–H and O–H groups in total. The lowest BCUT2D eigenvalue weighted by atomic mass is 9.63. The van der Waals surface area contributed by atoms with Gasteiger partial charge in [-0.3, -0.25) is 24.1 Å². The third kappa shape index (κ3) is 3.00. The molecule has 30 heavy (non-hydrogen) atoms. The van der Waals surface area contributed by atoms with Crippen molar-refractivity contribution in [2.24, 2.45) is 35.5 Å². The summed E-state index contributed by atoms with van der Waals surface area (Å²) >= 11 is 5.90. The van der Waals surface area contributed by atoms with E-state index in [9.17, 15) is 19.2 Å². The molecule has 1 aliphatic heterocycles. The first-order chi connectivity index (χ1) is 14.4. The van der Waals surface area contributed by atoms with Crippen LogP contribution in [0.15, 0.2) is 36.4 Å². The summed E-state index contributed by atoms with van der Waals surface area (Å²) in [5, 5.41) is 0.424. The number of hydrogen-bond acceptors (Lipinski definition) is 5. The molecule has 1 aromatic rings. The summed E-state index contributed by atoms with van der Waals surface area (Å²) in [4.78, 5) is 51.8. The molecule has 7 atom stereocenters. The molecule has 156 valence electrons. The fraction of sp³-hybridized carbons (Fsp3) is 0.478. The molecule has 0 aromatic heterocycles. The minimum Gasteiger partial charge on any atom is -0.454 e. The van der Waals surface area contributed by atoms with Crippen molar-refractivity contribution in [2.75, 3.05) is 6.54 Å². The molecule has 6 nitrogen and oxygen atoms in total. The number of carbonyl (C=O) groups is 4. The van der Waals surface area contributed by atoms with Crippen LogP contribution in [0.1, 0.15) is 30.1 Å². The Morgan fingerprint density at radius 3 is 2.37 bits per heavy atom. The Morgan fingerprint density at radius 2 is 1.77 bits per heavy atom. The standard InChI is InChI=1S/C23H22ClNO5/c1-11(21(27)12-3-2-4-13(24)9-12)30-18(26)7-8-25-22(28)19-14-5-6-15(17-10-16(14)17)20(19)23(25)29/h2-6,9,11,14-17,19-20H,7-8,10H2,1H3/t11-,14-,15-,16-,17+,19+,20+/m0/s1. The van der Waals surface area contributed by atoms with Gasteiger partial charge in [0, 0.05) is 17.1 Å². The first kappa shape index (κ1) is 19.5. The van der Waals surface area contributed by atoms with Gasteiger partial charge in [0.25, 0.3) is 0 Å². The number of allylic oxidation sites excluding steroid dienone is 2. The van der Waals surface area contributed by atoms with Crippen molar-refractivity contribution >= 4 is 35.2 Å². The second kappa shape index (κ2) is 7.05. The normalized spacial score (nSPS) is 33.9. The second-order valence-corrected chi connectivity index (χ2v) is 9.18. The highest BCUT2D eigenvalue weighted by Gasteiger charge is 2.66. The van der Waals surface area contributed by atoms with E-state index in [1.807, 2.05) is 0 Å². The molecule has 6 rings (SSSR count). The number of amides is 2. The maximum Gasteiger partial charge on any atom is 0.308 e. The molecule has 2 saturated carbocycles. The lowest BCUT2D eigenvalue weighted by molar-refractivity contribution is -0.148. The molecule has 3 fully saturated rings. The van der Waals surface area contributed by atoms with Crippen LogP contribution in [0, 0.1) is 35.5 Å². The Morgan fingerprint density at radius 1 is 1.13 bits per heavy atom. The minimum atomic E-state index is -0.976. The van der Waals surface area contributed by atoms with Crippen LogP contribution in [-0.4, -0.2) is 41.1 Å². The third-order valence-electron chi connectivity index (χ3n) is 7.08. The molecule has 7 heteroatoms. The number of rotatable bonds is 6. The maximum absolute atomic E-state index is 12.9. The van der Waals surface area contributed by atoms with Gasteiger partial charge >= 0.3 is 5.97 Å². The zero-order chi connectivity index (χ0) is 21.2. The molecule has 1 saturated heterocycles. The van der Waals surface area contributed by atoms with Gasteiger partial charge in [0.15, 0.2) is 6.10 Å². The Labute approximate surface area is 179 Å². The van der Waals surface area contributed by atoms with Gasteiger partial charge in [-0.05, 0) is 49.1 Å². The number of likely N-dealkylation sites (tertiary alicyclic amines) is 1. The molecular formula is C23H22ClNO5. The molecule has 0 unspecified atom stereocenters. The molecule has 0 radical (unpaired) electrons. The van der Waals surface area contributed by atoms with Gasteiger partial charge in [-0.1, -0.05) is 35.9 Å². The molecule has 1 heterocycles. The fourth-order valence-corrected chi connectivity index (χ4v) is 5.82. The number of hydrogen-bond donors (Lipinski definition) is 0. The average Bonchev–Trinajstić information content (AvgIpc) is 3.51. The van der Waals surface area contributed by atoms with Gasteiger partial charge in [-0.15, -0.1) is 0 Å². The minimum absolute atomic E-state index is 0.00362. The van der Waals surface area contributed by atoms with Crippen molar-refractivity contribution in [2.45, 2.75) is 25.9 Å². The number of ether oxygens (including phenoxy) is 1. The fourth-order valence-electron chi connectivity index (χ4n) is 5.63. The van der Waals surface area contributed by atoms with Crippen molar-refractivity contribution in [1.82, 2.24) is 4.90 Å². The molecule has 2 amide bonds. The Hall–Kier alpha value is -2.47. The van der Waals surface area contributed by atoms with E-state index in [4.69, 9.17) is 16.3 Å². The SMILES string of the molecule is C[C@H](OC(=O)CCN1C(=O)[C@@H]2[C@H]3C=C[C@@H]([C@@H]4C[C@H]34)[C@H]2C1=O)C(=O)c1cccc(Cl)c1. The highest BCUT2D eigenvalue weighted by molar-refractivity contribution is 6.31. The highest BCUT2D eigenvalue weighted by atomic mass is 35.5. The van der Waals surface area contributed by atoms with E-state index in [1.54, 1.807) is 18.2 Å². The average molecular weight is 428 g/mol. The summed E-state index contributed by atoms with van der Waals surface area (Å²) in [7, 11) is 0. The van der Waals surface area contributed by atoms with Crippen LogP contribution in [0.25, 0.3) is 0 Å². The molecule has 0 spiro atoms. The van der Waals surface area contributed by atoms with E-state index in [0.29, 0.717) is 22.4 Å². The van der Waals surface area contributed by atoms with Crippen LogP contribution in [0.4, 0.5) is 0 Å². The van der Waals surface area contributed by atoms with E-state index in [1.165, 1.54) is 17.9 Å². The van der Waals surface area contributed by atoms with Crippen LogP contribution < -0.4 is 0 Å². The van der Waals surface area contributed by atoms with E-state index in [2.05, 4.69) is 12.2 Å². The van der Waals surface area contributed by atoms with Gasteiger partial charge in [0.1, 0.15) is 0 Å². The number of ketones is 1. The van der Waals surface area contributed by atoms with Gasteiger partial charge < -0.3 is 4.74 Å². The maximum atomic E-state index is 12.9. The number of benzene rings is 1. The monoisotopic (exact) mass is 427 g/mol. The predicted octanol–water partition coefficient (Wildman–Crippen LogP) is 2.90. The van der Waals surface area contributed by atoms with E-state index < -0.39 is 12.1 Å². The van der Waals surface area contributed by atoms with Gasteiger partial charge in [-0.2, -0.15) is 0 Å². The van der Waals surface area contributed by atoms with Gasteiger partial charge in [0.05, 0.1) is 18.3 Å². The van der Waals surface area contributed by atoms with E-state index >= 15 is 0 Å². The molecule has 2 bridgehead atoms. The number of carbonyl (C=O) groups excluding carboxylic acids is 4. The van der Waals surface area contributed by atoms with Crippen LogP contribution >= 0.6 is 11.6 Å². The largest absolute Gasteiger partial charge is 0.454 e. The summed E-state index contributed by atoms with van der Waals surface area (Å²) in [5.74, 6) is -0.420. The van der Waals surface area contributed by atoms with E-state index in [-0.39, 0.29) is 54.2 Å². The zero-order valence-electron chi connectivity index (χ0n) is 16.5. The van der Waals surface area contributed by atoms with Crippen molar-refractivity contribution in [3.63, 3.8) is 0 Å². The highest BCUT2D eigenvalue weighted by Crippen LogP contribution is 2.65. The Bertz CT molecular complexity index is 952. The summed E-state index contributed by atoms with van der Waals surface area (Å²) in [6.07, 6.45) is 4.24. The predicted molar refractivity (Wildman–Crippen MR) is 107 cm³/mol. The first-order valence-corrected chi connectivity index (χ1v) is 10.8. The quantitative estimate of drug-likeness (QED) is 0.302. The molecule has 4 aliphatic carbocycles. The first-order valence-electron chi connectivity index (χ1n) is 10.4. The topological polar surface area (TPSA) is 80.8 Å². The Balaban J connectivity index is 1.19. The van der Waals surface area contributed by atoms with Crippen molar-refractivity contribution in [3.8, 4) is 0 Å². The summed E-state index contributed by atoms with van der Waals surface area (Å²) in [6.45, 7) is 1.49. The van der Waals surface area contributed by atoms with E-state index in [0.717, 1.165) is 6.42 Å². The third-order valence-corrected chi connectivity index (χ3v) is 7.32. The van der Waals surface area contributed by atoms with Crippen LogP contribution in [0.3, 0.4) is 0 Å². The summed E-state index contributed by atoms with van der Waals surface area (Å²) in [6, 6.07) is 6.43. The number of imide groups is 1. The molecular weight excluding hydrogens is 406 g/mol. The van der Waals surface area contributed by atoms with Gasteiger partial charge in [0.2, 0.25) is 17.6 Å². The van der Waals surface area contributed by atoms with Crippen molar-refractivity contribution in [1.29, 1.82) is 0 Å². The van der Waals surface area contributed by atoms with Crippen LogP contribution in [-0.2, 0) is 19.1 Å². The van der Waals surface area contributed by atoms with Crippen LogP contribution in [0.2, 0.25) is 5.02 Å². The summed E-state index contributed by atoms with van der Waals surface area (Å²) in [5.41, 5.74) is 0.360. The zero-order valence-corrected chi connectivity index (χ0v) is 17.2. The number of esters is 1. The number of nitrogens with zero attached hydrogens (tertiary/aromatic N) is 1. The second-order valence-electron chi connectivity index (χ2n) is 8.74. The van der Waals surface area contributed by atoms with Gasteiger partial charge in [-0.25, -0.2) is 0 Å². The number of Topliss-reactive ketones (excluding diaryl/α,β-unsaturated/α-hetero) is 1. The van der Waals surface area contributed by atoms with Crippen molar-refractivity contribution < 1.29 is 23.9 Å².